The van der Waals surface area contributed by atoms with Crippen molar-refractivity contribution in [1.29, 1.82) is 0 Å². The van der Waals surface area contributed by atoms with E-state index in [4.69, 9.17) is 4.74 Å². The smallest absolute Gasteiger partial charge is 0.306 e. The van der Waals surface area contributed by atoms with E-state index in [0.29, 0.717) is 25.5 Å². The minimum atomic E-state index is -0.187. The summed E-state index contributed by atoms with van der Waals surface area (Å²) in [4.78, 5) is 22.1. The second kappa shape index (κ2) is 11.0. The maximum absolute atomic E-state index is 11.3. The molecule has 1 unspecified atom stereocenters. The SMILES string of the molecule is CCC([NH3+])CCC(=O)OCCCCCC(=O)OC. The molecule has 0 amide bonds. The van der Waals surface area contributed by atoms with Crippen LogP contribution in [-0.4, -0.2) is 31.7 Å². The minimum absolute atomic E-state index is 0.148. The fourth-order valence-corrected chi connectivity index (χ4v) is 1.43. The van der Waals surface area contributed by atoms with Gasteiger partial charge in [0.15, 0.2) is 0 Å². The van der Waals surface area contributed by atoms with Crippen molar-refractivity contribution in [1.82, 2.24) is 0 Å². The van der Waals surface area contributed by atoms with Gasteiger partial charge in [0.25, 0.3) is 0 Å². The highest BCUT2D eigenvalue weighted by molar-refractivity contribution is 5.69. The molecule has 5 nitrogen and oxygen atoms in total. The molecule has 0 aliphatic carbocycles. The van der Waals surface area contributed by atoms with Gasteiger partial charge in [-0.05, 0) is 25.7 Å². The van der Waals surface area contributed by atoms with Crippen LogP contribution in [-0.2, 0) is 19.1 Å². The van der Waals surface area contributed by atoms with Gasteiger partial charge in [0, 0.05) is 12.8 Å². The van der Waals surface area contributed by atoms with Crippen molar-refractivity contribution in [2.45, 2.75) is 57.9 Å². The molecular weight excluding hydrogens is 234 g/mol. The van der Waals surface area contributed by atoms with Gasteiger partial charge in [-0.15, -0.1) is 0 Å². The quantitative estimate of drug-likeness (QED) is 0.470. The van der Waals surface area contributed by atoms with E-state index in [2.05, 4.69) is 17.4 Å². The molecule has 0 saturated carbocycles. The zero-order chi connectivity index (χ0) is 13.8. The number of carbonyl (C=O) groups excluding carboxylic acids is 2. The Kier molecular flexibility index (Phi) is 10.3. The van der Waals surface area contributed by atoms with Crippen molar-refractivity contribution in [3.05, 3.63) is 0 Å². The Morgan fingerprint density at radius 2 is 1.83 bits per heavy atom. The molecule has 0 rings (SSSR count). The maximum Gasteiger partial charge on any atom is 0.306 e. The van der Waals surface area contributed by atoms with Crippen molar-refractivity contribution in [3.8, 4) is 0 Å². The lowest BCUT2D eigenvalue weighted by atomic mass is 10.1. The molecule has 0 aliphatic rings. The summed E-state index contributed by atoms with van der Waals surface area (Å²) in [6.07, 6.45) is 5.10. The van der Waals surface area contributed by atoms with Crippen molar-refractivity contribution in [3.63, 3.8) is 0 Å². The number of hydrogen-bond acceptors (Lipinski definition) is 4. The van der Waals surface area contributed by atoms with Gasteiger partial charge in [-0.3, -0.25) is 9.59 Å². The Balaban J connectivity index is 3.33. The molecule has 0 fully saturated rings. The Bertz CT molecular complexity index is 243. The molecule has 0 bridgehead atoms. The van der Waals surface area contributed by atoms with Gasteiger partial charge in [0.05, 0.1) is 26.2 Å². The van der Waals surface area contributed by atoms with Crippen LogP contribution in [0.1, 0.15) is 51.9 Å². The minimum Gasteiger partial charge on any atom is -0.469 e. The number of rotatable bonds is 10. The number of esters is 2. The number of methoxy groups -OCH3 is 1. The molecule has 0 aromatic heterocycles. The Labute approximate surface area is 109 Å². The van der Waals surface area contributed by atoms with Gasteiger partial charge in [-0.1, -0.05) is 6.92 Å². The van der Waals surface area contributed by atoms with Crippen LogP contribution in [0.25, 0.3) is 0 Å². The first-order valence-electron chi connectivity index (χ1n) is 6.65. The van der Waals surface area contributed by atoms with E-state index in [1.807, 2.05) is 0 Å². The van der Waals surface area contributed by atoms with Gasteiger partial charge < -0.3 is 15.2 Å². The number of hydrogen-bond donors (Lipinski definition) is 1. The van der Waals surface area contributed by atoms with Crippen LogP contribution in [0.15, 0.2) is 0 Å². The highest BCUT2D eigenvalue weighted by atomic mass is 16.5. The van der Waals surface area contributed by atoms with Crippen molar-refractivity contribution in [2.75, 3.05) is 13.7 Å². The third kappa shape index (κ3) is 10.1. The van der Waals surface area contributed by atoms with Crippen LogP contribution < -0.4 is 5.73 Å². The largest absolute Gasteiger partial charge is 0.469 e. The monoisotopic (exact) mass is 260 g/mol. The molecule has 1 atom stereocenters. The van der Waals surface area contributed by atoms with Gasteiger partial charge in [0.2, 0.25) is 0 Å². The molecule has 5 heteroatoms. The van der Waals surface area contributed by atoms with Crippen LogP contribution in [0.3, 0.4) is 0 Å². The molecule has 3 N–H and O–H groups in total. The summed E-state index contributed by atoms with van der Waals surface area (Å²) in [6.45, 7) is 2.50. The van der Waals surface area contributed by atoms with Crippen LogP contribution in [0, 0.1) is 0 Å². The molecule has 0 aliphatic heterocycles. The summed E-state index contributed by atoms with van der Waals surface area (Å²) in [6, 6.07) is 0.331. The number of unbranched alkanes of at least 4 members (excludes halogenated alkanes) is 2. The summed E-state index contributed by atoms with van der Waals surface area (Å²) in [5.74, 6) is -0.335. The highest BCUT2D eigenvalue weighted by Gasteiger charge is 2.08. The zero-order valence-electron chi connectivity index (χ0n) is 11.6. The molecule has 0 spiro atoms. The van der Waals surface area contributed by atoms with Crippen molar-refractivity contribution >= 4 is 11.9 Å². The molecule has 106 valence electrons. The van der Waals surface area contributed by atoms with Crippen LogP contribution in [0.2, 0.25) is 0 Å². The van der Waals surface area contributed by atoms with E-state index in [-0.39, 0.29) is 11.9 Å². The van der Waals surface area contributed by atoms with Gasteiger partial charge in [-0.2, -0.15) is 0 Å². The van der Waals surface area contributed by atoms with Crippen molar-refractivity contribution in [2.24, 2.45) is 0 Å². The maximum atomic E-state index is 11.3. The number of quaternary nitrogens is 1. The standard InChI is InChI=1S/C13H25NO4/c1-3-11(14)8-9-13(16)18-10-6-4-5-7-12(15)17-2/h11H,3-10,14H2,1-2H3/p+1. The molecule has 0 radical (unpaired) electrons. The normalized spacial score (nSPS) is 11.9. The topological polar surface area (TPSA) is 80.2 Å². The average molecular weight is 260 g/mol. The Morgan fingerprint density at radius 1 is 1.11 bits per heavy atom. The lowest BCUT2D eigenvalue weighted by molar-refractivity contribution is -0.421. The third-order valence-electron chi connectivity index (χ3n) is 2.85. The summed E-state index contributed by atoms with van der Waals surface area (Å²) in [7, 11) is 1.39. The second-order valence-electron chi connectivity index (χ2n) is 4.42. The predicted molar refractivity (Wildman–Crippen MR) is 67.6 cm³/mol. The van der Waals surface area contributed by atoms with E-state index in [0.717, 1.165) is 32.1 Å². The van der Waals surface area contributed by atoms with E-state index >= 15 is 0 Å². The van der Waals surface area contributed by atoms with Crippen LogP contribution >= 0.6 is 0 Å². The second-order valence-corrected chi connectivity index (χ2v) is 4.42. The Morgan fingerprint density at radius 3 is 2.44 bits per heavy atom. The summed E-state index contributed by atoms with van der Waals surface area (Å²) >= 11 is 0. The molecule has 18 heavy (non-hydrogen) atoms. The van der Waals surface area contributed by atoms with Crippen LogP contribution in [0.4, 0.5) is 0 Å². The average Bonchev–Trinajstić information content (AvgIpc) is 2.39. The lowest BCUT2D eigenvalue weighted by Crippen LogP contribution is -2.60. The van der Waals surface area contributed by atoms with Crippen LogP contribution in [0.5, 0.6) is 0 Å². The van der Waals surface area contributed by atoms with E-state index in [9.17, 15) is 9.59 Å². The molecule has 0 aromatic carbocycles. The fraction of sp³-hybridized carbons (Fsp3) is 0.846. The fourth-order valence-electron chi connectivity index (χ4n) is 1.43. The molecular formula is C13H26NO4+. The first-order chi connectivity index (χ1) is 8.60. The van der Waals surface area contributed by atoms with E-state index in [1.54, 1.807) is 0 Å². The van der Waals surface area contributed by atoms with E-state index in [1.165, 1.54) is 7.11 Å². The molecule has 0 heterocycles. The number of ether oxygens (including phenoxy) is 2. The first kappa shape index (κ1) is 16.9. The van der Waals surface area contributed by atoms with Gasteiger partial charge >= 0.3 is 11.9 Å². The third-order valence-corrected chi connectivity index (χ3v) is 2.85. The van der Waals surface area contributed by atoms with Crippen molar-refractivity contribution < 1.29 is 24.8 Å². The number of carbonyl (C=O) groups is 2. The highest BCUT2D eigenvalue weighted by Crippen LogP contribution is 2.03. The summed E-state index contributed by atoms with van der Waals surface area (Å²) in [5, 5.41) is 0. The first-order valence-corrected chi connectivity index (χ1v) is 6.65. The van der Waals surface area contributed by atoms with Gasteiger partial charge in [-0.25, -0.2) is 0 Å². The van der Waals surface area contributed by atoms with Gasteiger partial charge in [0.1, 0.15) is 0 Å². The molecule has 0 saturated heterocycles. The zero-order valence-corrected chi connectivity index (χ0v) is 11.6. The summed E-state index contributed by atoms with van der Waals surface area (Å²) in [5.41, 5.74) is 3.92. The summed E-state index contributed by atoms with van der Waals surface area (Å²) < 4.78 is 9.62. The predicted octanol–water partition coefficient (Wildman–Crippen LogP) is 1.06. The van der Waals surface area contributed by atoms with E-state index < -0.39 is 0 Å². The lowest BCUT2D eigenvalue weighted by Gasteiger charge is -2.06. The Hall–Kier alpha value is -1.10. The molecule has 0 aromatic rings.